The minimum Gasteiger partial charge on any atom is -0.494 e. The summed E-state index contributed by atoms with van der Waals surface area (Å²) in [5.41, 5.74) is 1.29. The van der Waals surface area contributed by atoms with Crippen molar-refractivity contribution in [2.75, 3.05) is 11.9 Å². The third kappa shape index (κ3) is 6.04. The number of ether oxygens (including phenoxy) is 2. The van der Waals surface area contributed by atoms with E-state index in [1.807, 2.05) is 38.1 Å². The van der Waals surface area contributed by atoms with E-state index in [-0.39, 0.29) is 17.1 Å². The van der Waals surface area contributed by atoms with Gasteiger partial charge in [-0.25, -0.2) is 0 Å². The average molecular weight is 372 g/mol. The Bertz CT molecular complexity index is 730. The van der Waals surface area contributed by atoms with Gasteiger partial charge in [-0.3, -0.25) is 10.1 Å². The molecule has 0 bridgehead atoms. The molecule has 0 aliphatic rings. The van der Waals surface area contributed by atoms with Crippen LogP contribution in [0.3, 0.4) is 0 Å². The lowest BCUT2D eigenvalue weighted by atomic mass is 10.2. The van der Waals surface area contributed by atoms with Crippen molar-refractivity contribution < 1.29 is 14.3 Å². The van der Waals surface area contributed by atoms with Crippen molar-refractivity contribution in [3.05, 3.63) is 54.1 Å². The SMILES string of the molecule is CCOc1ccc(NC(=S)NC(=O)c2ccc(OC(C)CC)cc2)cc1. The van der Waals surface area contributed by atoms with Gasteiger partial charge in [-0.05, 0) is 81.0 Å². The monoisotopic (exact) mass is 372 g/mol. The van der Waals surface area contributed by atoms with Gasteiger partial charge in [0.25, 0.3) is 5.91 Å². The van der Waals surface area contributed by atoms with E-state index in [0.29, 0.717) is 12.2 Å². The highest BCUT2D eigenvalue weighted by molar-refractivity contribution is 7.80. The van der Waals surface area contributed by atoms with Crippen LogP contribution in [-0.2, 0) is 0 Å². The van der Waals surface area contributed by atoms with Crippen LogP contribution in [0.2, 0.25) is 0 Å². The Kier molecular flexibility index (Phi) is 7.41. The lowest BCUT2D eigenvalue weighted by Gasteiger charge is -2.13. The van der Waals surface area contributed by atoms with Crippen LogP contribution in [0.1, 0.15) is 37.6 Å². The molecule has 1 atom stereocenters. The number of anilines is 1. The van der Waals surface area contributed by atoms with Crippen LogP contribution in [0.15, 0.2) is 48.5 Å². The lowest BCUT2D eigenvalue weighted by molar-refractivity contribution is 0.0977. The fourth-order valence-electron chi connectivity index (χ4n) is 2.14. The fraction of sp³-hybridized carbons (Fsp3) is 0.300. The number of hydrogen-bond donors (Lipinski definition) is 2. The first-order valence-corrected chi connectivity index (χ1v) is 9.04. The number of carbonyl (C=O) groups is 1. The summed E-state index contributed by atoms with van der Waals surface area (Å²) in [6.45, 7) is 6.61. The normalized spacial score (nSPS) is 11.3. The highest BCUT2D eigenvalue weighted by Gasteiger charge is 2.09. The van der Waals surface area contributed by atoms with Gasteiger partial charge in [0, 0.05) is 11.3 Å². The van der Waals surface area contributed by atoms with E-state index >= 15 is 0 Å². The van der Waals surface area contributed by atoms with Crippen molar-refractivity contribution in [2.45, 2.75) is 33.3 Å². The summed E-state index contributed by atoms with van der Waals surface area (Å²) in [5.74, 6) is 1.25. The van der Waals surface area contributed by atoms with Crippen molar-refractivity contribution in [2.24, 2.45) is 0 Å². The number of nitrogens with one attached hydrogen (secondary N) is 2. The van der Waals surface area contributed by atoms with Crippen molar-refractivity contribution in [1.29, 1.82) is 0 Å². The maximum atomic E-state index is 12.3. The molecule has 0 heterocycles. The van der Waals surface area contributed by atoms with E-state index in [1.165, 1.54) is 0 Å². The van der Waals surface area contributed by atoms with E-state index in [1.54, 1.807) is 24.3 Å². The lowest BCUT2D eigenvalue weighted by Crippen LogP contribution is -2.34. The Hall–Kier alpha value is -2.60. The number of carbonyl (C=O) groups excluding carboxylic acids is 1. The van der Waals surface area contributed by atoms with Crippen molar-refractivity contribution >= 4 is 28.9 Å². The summed E-state index contributed by atoms with van der Waals surface area (Å²) >= 11 is 5.20. The molecule has 138 valence electrons. The van der Waals surface area contributed by atoms with Gasteiger partial charge >= 0.3 is 0 Å². The van der Waals surface area contributed by atoms with Gasteiger partial charge in [0.05, 0.1) is 12.7 Å². The molecule has 26 heavy (non-hydrogen) atoms. The van der Waals surface area contributed by atoms with E-state index in [2.05, 4.69) is 17.6 Å². The van der Waals surface area contributed by atoms with Crippen LogP contribution in [0.5, 0.6) is 11.5 Å². The molecule has 1 unspecified atom stereocenters. The molecule has 2 aromatic rings. The predicted octanol–water partition coefficient (Wildman–Crippen LogP) is 4.39. The van der Waals surface area contributed by atoms with Crippen LogP contribution in [0.25, 0.3) is 0 Å². The molecule has 0 fully saturated rings. The molecule has 0 aliphatic carbocycles. The van der Waals surface area contributed by atoms with Gasteiger partial charge in [-0.1, -0.05) is 6.92 Å². The number of rotatable bonds is 7. The first-order chi connectivity index (χ1) is 12.5. The number of hydrogen-bond acceptors (Lipinski definition) is 4. The van der Waals surface area contributed by atoms with E-state index < -0.39 is 0 Å². The summed E-state index contributed by atoms with van der Waals surface area (Å²) in [7, 11) is 0. The molecule has 0 radical (unpaired) electrons. The summed E-state index contributed by atoms with van der Waals surface area (Å²) in [6, 6.07) is 14.3. The second kappa shape index (κ2) is 9.77. The summed E-state index contributed by atoms with van der Waals surface area (Å²) in [6.07, 6.45) is 1.06. The zero-order chi connectivity index (χ0) is 18.9. The Morgan fingerprint density at radius 1 is 1.04 bits per heavy atom. The van der Waals surface area contributed by atoms with Gasteiger partial charge < -0.3 is 14.8 Å². The Balaban J connectivity index is 1.89. The molecule has 0 aromatic heterocycles. The summed E-state index contributed by atoms with van der Waals surface area (Å²) in [5, 5.41) is 5.88. The first kappa shape index (κ1) is 19.7. The second-order valence-corrected chi connectivity index (χ2v) is 6.13. The molecular formula is C20H24N2O3S. The highest BCUT2D eigenvalue weighted by Crippen LogP contribution is 2.16. The fourth-order valence-corrected chi connectivity index (χ4v) is 2.35. The molecular weight excluding hydrogens is 348 g/mol. The molecule has 1 amide bonds. The Morgan fingerprint density at radius 2 is 1.65 bits per heavy atom. The highest BCUT2D eigenvalue weighted by atomic mass is 32.1. The second-order valence-electron chi connectivity index (χ2n) is 5.73. The molecule has 6 heteroatoms. The maximum Gasteiger partial charge on any atom is 0.257 e. The number of amides is 1. The number of benzene rings is 2. The van der Waals surface area contributed by atoms with E-state index in [9.17, 15) is 4.79 Å². The third-order valence-corrected chi connectivity index (χ3v) is 3.88. The predicted molar refractivity (Wildman–Crippen MR) is 108 cm³/mol. The van der Waals surface area contributed by atoms with Crippen LogP contribution in [-0.4, -0.2) is 23.7 Å². The van der Waals surface area contributed by atoms with Crippen molar-refractivity contribution in [3.8, 4) is 11.5 Å². The number of thiocarbonyl (C=S) groups is 1. The zero-order valence-corrected chi connectivity index (χ0v) is 16.1. The topological polar surface area (TPSA) is 59.6 Å². The summed E-state index contributed by atoms with van der Waals surface area (Å²) in [4.78, 5) is 12.3. The van der Waals surface area contributed by atoms with Gasteiger partial charge in [0.1, 0.15) is 11.5 Å². The van der Waals surface area contributed by atoms with Crippen molar-refractivity contribution in [3.63, 3.8) is 0 Å². The van der Waals surface area contributed by atoms with Crippen LogP contribution < -0.4 is 20.1 Å². The van der Waals surface area contributed by atoms with Crippen LogP contribution >= 0.6 is 12.2 Å². The van der Waals surface area contributed by atoms with Crippen LogP contribution in [0, 0.1) is 0 Å². The summed E-state index contributed by atoms with van der Waals surface area (Å²) < 4.78 is 11.1. The average Bonchev–Trinajstić information content (AvgIpc) is 2.64. The molecule has 2 N–H and O–H groups in total. The van der Waals surface area contributed by atoms with Crippen molar-refractivity contribution in [1.82, 2.24) is 5.32 Å². The Labute approximate surface area is 159 Å². The molecule has 2 rings (SSSR count). The smallest absolute Gasteiger partial charge is 0.257 e. The largest absolute Gasteiger partial charge is 0.494 e. The minimum absolute atomic E-state index is 0.139. The zero-order valence-electron chi connectivity index (χ0n) is 15.2. The Morgan fingerprint density at radius 3 is 2.23 bits per heavy atom. The minimum atomic E-state index is -0.275. The van der Waals surface area contributed by atoms with Gasteiger partial charge in [0.2, 0.25) is 0 Å². The third-order valence-electron chi connectivity index (χ3n) is 3.68. The maximum absolute atomic E-state index is 12.3. The standard InChI is InChI=1S/C20H24N2O3S/c1-4-14(3)25-18-10-6-15(7-11-18)19(23)22-20(26)21-16-8-12-17(13-9-16)24-5-2/h6-14H,4-5H2,1-3H3,(H2,21,22,23,26). The molecule has 0 saturated heterocycles. The van der Waals surface area contributed by atoms with Gasteiger partial charge in [0.15, 0.2) is 5.11 Å². The first-order valence-electron chi connectivity index (χ1n) is 8.63. The van der Waals surface area contributed by atoms with E-state index in [4.69, 9.17) is 21.7 Å². The van der Waals surface area contributed by atoms with Gasteiger partial charge in [-0.15, -0.1) is 0 Å². The quantitative estimate of drug-likeness (QED) is 0.706. The molecule has 5 nitrogen and oxygen atoms in total. The van der Waals surface area contributed by atoms with E-state index in [0.717, 1.165) is 23.6 Å². The van der Waals surface area contributed by atoms with Crippen LogP contribution in [0.4, 0.5) is 5.69 Å². The molecule has 0 saturated carbocycles. The van der Waals surface area contributed by atoms with Gasteiger partial charge in [-0.2, -0.15) is 0 Å². The molecule has 2 aromatic carbocycles. The molecule has 0 aliphatic heterocycles. The molecule has 0 spiro atoms.